The van der Waals surface area contributed by atoms with Crippen molar-refractivity contribution in [3.05, 3.63) is 89.7 Å². The molecule has 3 aromatic heterocycles. The van der Waals surface area contributed by atoms with Gasteiger partial charge in [-0.2, -0.15) is 0 Å². The first-order valence-corrected chi connectivity index (χ1v) is 21.6. The van der Waals surface area contributed by atoms with E-state index in [2.05, 4.69) is 43.0 Å². The average molecular weight is 845 g/mol. The zero-order chi connectivity index (χ0) is 43.3. The van der Waals surface area contributed by atoms with E-state index in [9.17, 15) is 19.5 Å². The number of nitrogens with zero attached hydrogens (tertiary/aromatic N) is 8. The normalized spacial score (nSPS) is 22.6. The van der Waals surface area contributed by atoms with Gasteiger partial charge in [-0.3, -0.25) is 19.8 Å². The fraction of sp³-hybridized carbons (Fsp3) is 0.435. The van der Waals surface area contributed by atoms with Gasteiger partial charge >= 0.3 is 6.03 Å². The molecule has 324 valence electrons. The molecule has 3 atom stereocenters. The first kappa shape index (κ1) is 41.2. The van der Waals surface area contributed by atoms with Gasteiger partial charge in [0.2, 0.25) is 5.91 Å². The number of carbonyl (C=O) groups is 3. The number of phenolic OH excluding ortho intramolecular Hbond substituents is 1. The molecule has 0 aliphatic carbocycles. The quantitative estimate of drug-likeness (QED) is 0.163. The van der Waals surface area contributed by atoms with Crippen molar-refractivity contribution < 1.29 is 28.6 Å². The summed E-state index contributed by atoms with van der Waals surface area (Å²) in [7, 11) is 0. The number of morpholine rings is 1. The minimum atomic E-state index is -1.37. The van der Waals surface area contributed by atoms with E-state index in [4.69, 9.17) is 15.5 Å². The highest BCUT2D eigenvalue weighted by Gasteiger charge is 2.39. The van der Waals surface area contributed by atoms with Gasteiger partial charge in [-0.25, -0.2) is 14.2 Å². The summed E-state index contributed by atoms with van der Waals surface area (Å²) < 4.78 is 25.1. The highest BCUT2D eigenvalue weighted by atomic mass is 19.1. The van der Waals surface area contributed by atoms with Crippen LogP contribution >= 0.6 is 0 Å². The number of nitrogen functional groups attached to an aromatic ring is 1. The number of urea groups is 1. The van der Waals surface area contributed by atoms with Gasteiger partial charge in [0.05, 0.1) is 35.4 Å². The van der Waals surface area contributed by atoms with Crippen molar-refractivity contribution in [2.75, 3.05) is 61.3 Å². The number of para-hydroxylation sites is 1. The number of pyridine rings is 1. The number of benzene rings is 2. The minimum absolute atomic E-state index is 0.0270. The number of fused-ring (bicyclic) bond motifs is 1. The second kappa shape index (κ2) is 16.6. The fourth-order valence-corrected chi connectivity index (χ4v) is 9.53. The van der Waals surface area contributed by atoms with Crippen LogP contribution in [0.3, 0.4) is 0 Å². The van der Waals surface area contributed by atoms with Gasteiger partial charge in [-0.1, -0.05) is 24.3 Å². The summed E-state index contributed by atoms with van der Waals surface area (Å²) in [6.07, 6.45) is 5.89. The smallest absolute Gasteiger partial charge is 0.328 e. The molecule has 4 saturated heterocycles. The molecule has 2 unspecified atom stereocenters. The van der Waals surface area contributed by atoms with Crippen LogP contribution in [0.2, 0.25) is 0 Å². The lowest BCUT2D eigenvalue weighted by atomic mass is 9.91. The summed E-state index contributed by atoms with van der Waals surface area (Å²) in [5.41, 5.74) is 10.8. The van der Waals surface area contributed by atoms with Crippen molar-refractivity contribution in [2.24, 2.45) is 0 Å². The van der Waals surface area contributed by atoms with E-state index >= 15 is 4.39 Å². The van der Waals surface area contributed by atoms with E-state index in [-0.39, 0.29) is 66.9 Å². The molecule has 0 radical (unpaired) electrons. The number of carbonyl (C=O) groups excluding carboxylic acids is 3. The van der Waals surface area contributed by atoms with Crippen molar-refractivity contribution in [1.29, 1.82) is 0 Å². The number of imide groups is 1. The van der Waals surface area contributed by atoms with Crippen LogP contribution in [0.5, 0.6) is 5.75 Å². The van der Waals surface area contributed by atoms with Crippen molar-refractivity contribution in [1.82, 2.24) is 34.9 Å². The topological polar surface area (TPSA) is 175 Å². The standard InChI is InChI=1S/C46H53FN10O5/c1-28-25-57(43-36(28)22-34(24-49-43)55-19-14-41(59)50-45(55)61)33-12-17-53(18-13-33)27-46(47)15-20-54(21-16-46)44(60)32-10-8-31(9-11-32)40-26-56(29(2)30(3)62-40)38-23-37(51-52-42(38)48)35-6-4-5-7-39(35)58/h4-11,22-25,29-30,33,40,58H,12-21,26-27H2,1-3H3,(H2,48,52)(H,50,59,61)/t29-,30?,40?/m1/s1. The second-order valence-electron chi connectivity index (χ2n) is 17.4. The van der Waals surface area contributed by atoms with E-state index in [0.717, 1.165) is 48.1 Å². The third-order valence-corrected chi connectivity index (χ3v) is 13.4. The zero-order valence-corrected chi connectivity index (χ0v) is 35.3. The van der Waals surface area contributed by atoms with Gasteiger partial charge in [0, 0.05) is 93.8 Å². The molecule has 0 saturated carbocycles. The van der Waals surface area contributed by atoms with Crippen molar-refractivity contribution >= 4 is 46.1 Å². The summed E-state index contributed by atoms with van der Waals surface area (Å²) in [6.45, 7) is 9.51. The number of halogens is 1. The SMILES string of the molecule is Cc1cn(C2CCN(CC3(F)CCN(C(=O)c4ccc(C5CN(c6cc(-c7ccccc7O)nnc6N)[C@H](C)C(C)O5)cc4)CC3)CC2)c2ncc(N3CCC(=O)NC3=O)cc12. The number of nitrogens with one attached hydrogen (secondary N) is 1. The maximum Gasteiger partial charge on any atom is 0.328 e. The number of phenols is 1. The molecule has 7 heterocycles. The lowest BCUT2D eigenvalue weighted by Crippen LogP contribution is -2.51. The number of rotatable bonds is 8. The highest BCUT2D eigenvalue weighted by molar-refractivity contribution is 6.06. The molecular formula is C46H53FN10O5. The van der Waals surface area contributed by atoms with Crippen LogP contribution < -0.4 is 20.9 Å². The summed E-state index contributed by atoms with van der Waals surface area (Å²) in [4.78, 5) is 50.2. The van der Waals surface area contributed by atoms with Crippen molar-refractivity contribution in [3.8, 4) is 17.0 Å². The number of hydrogen-bond donors (Lipinski definition) is 3. The zero-order valence-electron chi connectivity index (χ0n) is 35.3. The molecule has 4 fully saturated rings. The van der Waals surface area contributed by atoms with E-state index < -0.39 is 11.7 Å². The summed E-state index contributed by atoms with van der Waals surface area (Å²) in [5, 5.41) is 22.3. The Balaban J connectivity index is 0.784. The Bertz CT molecular complexity index is 2500. The summed E-state index contributed by atoms with van der Waals surface area (Å²) in [5.74, 6) is 0.0134. The third-order valence-electron chi connectivity index (χ3n) is 13.4. The van der Waals surface area contributed by atoms with Crippen molar-refractivity contribution in [3.63, 3.8) is 0 Å². The average Bonchev–Trinajstić information content (AvgIpc) is 3.60. The van der Waals surface area contributed by atoms with E-state index in [1.165, 1.54) is 0 Å². The summed E-state index contributed by atoms with van der Waals surface area (Å²) >= 11 is 0. The Hall–Kier alpha value is -6.13. The van der Waals surface area contributed by atoms with Gasteiger partial charge in [-0.05, 0) is 81.1 Å². The molecule has 15 nitrogen and oxygen atoms in total. The maximum atomic E-state index is 16.4. The number of piperidine rings is 2. The Morgan fingerprint density at radius 1 is 1.00 bits per heavy atom. The van der Waals surface area contributed by atoms with Crippen LogP contribution in [-0.4, -0.2) is 116 Å². The first-order chi connectivity index (χ1) is 29.8. The van der Waals surface area contributed by atoms with Crippen LogP contribution in [0.25, 0.3) is 22.3 Å². The molecule has 9 rings (SSSR count). The lowest BCUT2D eigenvalue weighted by molar-refractivity contribution is -0.120. The number of hydrogen-bond acceptors (Lipinski definition) is 11. The van der Waals surface area contributed by atoms with Gasteiger partial charge in [0.15, 0.2) is 5.82 Å². The fourth-order valence-electron chi connectivity index (χ4n) is 9.53. The molecule has 4 aliphatic heterocycles. The van der Waals surface area contributed by atoms with E-state index in [1.54, 1.807) is 34.2 Å². The van der Waals surface area contributed by atoms with Gasteiger partial charge < -0.3 is 34.8 Å². The number of aromatic hydroxyl groups is 1. The second-order valence-corrected chi connectivity index (χ2v) is 17.4. The third kappa shape index (κ3) is 8.04. The monoisotopic (exact) mass is 844 g/mol. The Kier molecular flexibility index (Phi) is 11.1. The largest absolute Gasteiger partial charge is 0.507 e. The Morgan fingerprint density at radius 3 is 2.47 bits per heavy atom. The predicted octanol–water partition coefficient (Wildman–Crippen LogP) is 6.17. The molecule has 2 aromatic carbocycles. The molecule has 0 spiro atoms. The van der Waals surface area contributed by atoms with Gasteiger partial charge in [0.1, 0.15) is 23.2 Å². The molecule has 4 N–H and O–H groups in total. The van der Waals surface area contributed by atoms with Crippen LogP contribution in [0.4, 0.5) is 26.4 Å². The molecule has 16 heteroatoms. The van der Waals surface area contributed by atoms with Crippen LogP contribution in [0.1, 0.15) is 79.6 Å². The molecule has 0 bridgehead atoms. The predicted molar refractivity (Wildman–Crippen MR) is 234 cm³/mol. The Morgan fingerprint density at radius 2 is 1.74 bits per heavy atom. The van der Waals surface area contributed by atoms with Crippen LogP contribution in [0.15, 0.2) is 73.1 Å². The molecule has 4 amide bonds. The number of nitrogens with two attached hydrogens (primary N) is 1. The number of amides is 4. The van der Waals surface area contributed by atoms with E-state index in [1.807, 2.05) is 56.3 Å². The van der Waals surface area contributed by atoms with Gasteiger partial charge in [0.25, 0.3) is 5.91 Å². The lowest BCUT2D eigenvalue weighted by Gasteiger charge is -2.44. The highest BCUT2D eigenvalue weighted by Crippen LogP contribution is 2.38. The molecular weight excluding hydrogens is 792 g/mol. The molecule has 62 heavy (non-hydrogen) atoms. The number of anilines is 3. The van der Waals surface area contributed by atoms with E-state index in [0.29, 0.717) is 60.9 Å². The number of aromatic nitrogens is 4. The number of ether oxygens (including phenoxy) is 1. The Labute approximate surface area is 359 Å². The van der Waals surface area contributed by atoms with Gasteiger partial charge in [-0.15, -0.1) is 10.2 Å². The van der Waals surface area contributed by atoms with Crippen LogP contribution in [-0.2, 0) is 9.53 Å². The molecule has 4 aliphatic rings. The molecule has 5 aromatic rings. The number of alkyl halides is 1. The minimum Gasteiger partial charge on any atom is -0.507 e. The summed E-state index contributed by atoms with van der Waals surface area (Å²) in [6, 6.07) is 18.1. The van der Waals surface area contributed by atoms with Crippen LogP contribution in [0, 0.1) is 6.92 Å². The maximum absolute atomic E-state index is 16.4. The van der Waals surface area contributed by atoms with Crippen molar-refractivity contribution in [2.45, 2.75) is 82.8 Å². The number of aryl methyl sites for hydroxylation is 1. The number of likely N-dealkylation sites (tertiary alicyclic amines) is 2. The first-order valence-electron chi connectivity index (χ1n) is 21.6.